The van der Waals surface area contributed by atoms with Gasteiger partial charge in [-0.1, -0.05) is 13.0 Å². The summed E-state index contributed by atoms with van der Waals surface area (Å²) < 4.78 is 0. The second-order valence-electron chi connectivity index (χ2n) is 4.45. The van der Waals surface area contributed by atoms with Gasteiger partial charge in [0.05, 0.1) is 0 Å². The number of likely N-dealkylation sites (N-methyl/N-ethyl adjacent to an activating group) is 1. The maximum atomic E-state index is 2.58. The highest BCUT2D eigenvalue weighted by Crippen LogP contribution is 2.24. The molecule has 2 aliphatic heterocycles. The molecule has 0 bridgehead atoms. The van der Waals surface area contributed by atoms with E-state index in [0.717, 1.165) is 12.5 Å². The summed E-state index contributed by atoms with van der Waals surface area (Å²) in [4.78, 5) is 4.97. The van der Waals surface area contributed by atoms with Gasteiger partial charge < -0.3 is 9.80 Å². The molecule has 0 aromatic heterocycles. The van der Waals surface area contributed by atoms with Gasteiger partial charge in [0.1, 0.15) is 0 Å². The molecule has 0 spiro atoms. The lowest BCUT2D eigenvalue weighted by Crippen LogP contribution is -2.36. The smallest absolute Gasteiger partial charge is 0.0180 e. The molecule has 0 amide bonds. The molecule has 0 aliphatic carbocycles. The van der Waals surface area contributed by atoms with Crippen LogP contribution in [0.4, 0.5) is 0 Å². The molecule has 2 heteroatoms. The van der Waals surface area contributed by atoms with Crippen molar-refractivity contribution in [3.8, 4) is 0 Å². The molecule has 0 unspecified atom stereocenters. The fourth-order valence-corrected chi connectivity index (χ4v) is 2.50. The summed E-state index contributed by atoms with van der Waals surface area (Å²) in [5, 5.41) is 0. The highest BCUT2D eigenvalue weighted by Gasteiger charge is 2.22. The molecule has 0 N–H and O–H groups in total. The minimum Gasteiger partial charge on any atom is -0.375 e. The zero-order valence-electron chi connectivity index (χ0n) is 8.79. The van der Waals surface area contributed by atoms with Crippen molar-refractivity contribution in [2.75, 3.05) is 33.2 Å². The van der Waals surface area contributed by atoms with Crippen LogP contribution < -0.4 is 0 Å². The Hall–Kier alpha value is -0.500. The van der Waals surface area contributed by atoms with Crippen molar-refractivity contribution in [1.82, 2.24) is 9.80 Å². The van der Waals surface area contributed by atoms with E-state index in [1.54, 1.807) is 5.70 Å². The Morgan fingerprint density at radius 2 is 2.00 bits per heavy atom. The van der Waals surface area contributed by atoms with Gasteiger partial charge in [0.25, 0.3) is 0 Å². The average molecular weight is 180 g/mol. The Morgan fingerprint density at radius 1 is 1.31 bits per heavy atom. The molecule has 0 saturated carbocycles. The van der Waals surface area contributed by atoms with Crippen LogP contribution >= 0.6 is 0 Å². The third-order valence-corrected chi connectivity index (χ3v) is 3.17. The van der Waals surface area contributed by atoms with E-state index in [-0.39, 0.29) is 0 Å². The van der Waals surface area contributed by atoms with E-state index in [2.05, 4.69) is 29.8 Å². The lowest BCUT2D eigenvalue weighted by Gasteiger charge is -2.33. The molecule has 1 fully saturated rings. The van der Waals surface area contributed by atoms with Crippen molar-refractivity contribution in [3.05, 3.63) is 11.8 Å². The quantitative estimate of drug-likeness (QED) is 0.604. The van der Waals surface area contributed by atoms with Gasteiger partial charge in [-0.2, -0.15) is 0 Å². The van der Waals surface area contributed by atoms with Crippen molar-refractivity contribution in [2.24, 2.45) is 5.92 Å². The van der Waals surface area contributed by atoms with Crippen molar-refractivity contribution in [2.45, 2.75) is 19.8 Å². The van der Waals surface area contributed by atoms with Gasteiger partial charge >= 0.3 is 0 Å². The largest absolute Gasteiger partial charge is 0.375 e. The summed E-state index contributed by atoms with van der Waals surface area (Å²) in [7, 11) is 2.20. The molecule has 74 valence electrons. The van der Waals surface area contributed by atoms with Crippen molar-refractivity contribution < 1.29 is 0 Å². The SMILES string of the molecule is C[C@@H]1CN(C)CC=C1N1CCCC1. The van der Waals surface area contributed by atoms with E-state index in [9.17, 15) is 0 Å². The van der Waals surface area contributed by atoms with Gasteiger partial charge in [0, 0.05) is 37.8 Å². The summed E-state index contributed by atoms with van der Waals surface area (Å²) in [5.74, 6) is 0.733. The first-order chi connectivity index (χ1) is 6.27. The van der Waals surface area contributed by atoms with Crippen LogP contribution in [0.1, 0.15) is 19.8 Å². The number of hydrogen-bond donors (Lipinski definition) is 0. The summed E-state index contributed by atoms with van der Waals surface area (Å²) >= 11 is 0. The molecule has 1 saturated heterocycles. The molecule has 2 heterocycles. The van der Waals surface area contributed by atoms with Gasteiger partial charge in [0.2, 0.25) is 0 Å². The third kappa shape index (κ3) is 1.88. The number of likely N-dealkylation sites (tertiary alicyclic amines) is 1. The molecule has 2 rings (SSSR count). The minimum atomic E-state index is 0.733. The standard InChI is InChI=1S/C11H20N2/c1-10-9-12(2)8-5-11(10)13-6-3-4-7-13/h5,10H,3-4,6-9H2,1-2H3/t10-/m1/s1. The number of hydrogen-bond acceptors (Lipinski definition) is 2. The molecular formula is C11H20N2. The Kier molecular flexibility index (Phi) is 2.58. The van der Waals surface area contributed by atoms with Crippen LogP contribution in [-0.4, -0.2) is 43.0 Å². The fraction of sp³-hybridized carbons (Fsp3) is 0.818. The van der Waals surface area contributed by atoms with Crippen LogP contribution in [0.15, 0.2) is 11.8 Å². The molecule has 0 radical (unpaired) electrons. The molecule has 2 nitrogen and oxygen atoms in total. The zero-order chi connectivity index (χ0) is 9.26. The summed E-state index contributed by atoms with van der Waals surface area (Å²) in [6.07, 6.45) is 5.19. The van der Waals surface area contributed by atoms with Crippen LogP contribution in [0.5, 0.6) is 0 Å². The topological polar surface area (TPSA) is 6.48 Å². The highest BCUT2D eigenvalue weighted by molar-refractivity contribution is 5.11. The Morgan fingerprint density at radius 3 is 2.62 bits per heavy atom. The Balaban J connectivity index is 2.04. The van der Waals surface area contributed by atoms with E-state index in [1.165, 1.54) is 32.5 Å². The minimum absolute atomic E-state index is 0.733. The Bertz CT molecular complexity index is 204. The monoisotopic (exact) mass is 180 g/mol. The first-order valence-corrected chi connectivity index (χ1v) is 5.41. The second kappa shape index (κ2) is 3.70. The first kappa shape index (κ1) is 9.07. The summed E-state index contributed by atoms with van der Waals surface area (Å²) in [6.45, 7) is 7.29. The molecule has 2 aliphatic rings. The van der Waals surface area contributed by atoms with E-state index in [1.807, 2.05) is 0 Å². The first-order valence-electron chi connectivity index (χ1n) is 5.41. The van der Waals surface area contributed by atoms with Gasteiger partial charge in [-0.25, -0.2) is 0 Å². The van der Waals surface area contributed by atoms with Crippen molar-refractivity contribution >= 4 is 0 Å². The Labute approximate surface area is 81.2 Å². The predicted molar refractivity (Wildman–Crippen MR) is 55.6 cm³/mol. The normalized spacial score (nSPS) is 30.8. The fourth-order valence-electron chi connectivity index (χ4n) is 2.50. The summed E-state index contributed by atoms with van der Waals surface area (Å²) in [5.41, 5.74) is 1.61. The van der Waals surface area contributed by atoms with Crippen LogP contribution in [0.2, 0.25) is 0 Å². The highest BCUT2D eigenvalue weighted by atomic mass is 15.2. The molecular weight excluding hydrogens is 160 g/mol. The van der Waals surface area contributed by atoms with E-state index < -0.39 is 0 Å². The molecule has 0 aromatic rings. The number of nitrogens with zero attached hydrogens (tertiary/aromatic N) is 2. The van der Waals surface area contributed by atoms with Crippen LogP contribution in [0, 0.1) is 5.92 Å². The van der Waals surface area contributed by atoms with E-state index in [4.69, 9.17) is 0 Å². The van der Waals surface area contributed by atoms with E-state index in [0.29, 0.717) is 0 Å². The summed E-state index contributed by atoms with van der Waals surface area (Å²) in [6, 6.07) is 0. The lowest BCUT2D eigenvalue weighted by atomic mass is 10.0. The van der Waals surface area contributed by atoms with Crippen LogP contribution in [0.25, 0.3) is 0 Å². The lowest BCUT2D eigenvalue weighted by molar-refractivity contribution is 0.261. The van der Waals surface area contributed by atoms with Gasteiger partial charge in [-0.15, -0.1) is 0 Å². The van der Waals surface area contributed by atoms with Gasteiger partial charge in [-0.3, -0.25) is 0 Å². The second-order valence-corrected chi connectivity index (χ2v) is 4.45. The predicted octanol–water partition coefficient (Wildman–Crippen LogP) is 1.55. The van der Waals surface area contributed by atoms with Gasteiger partial charge in [-0.05, 0) is 19.9 Å². The maximum Gasteiger partial charge on any atom is 0.0180 e. The van der Waals surface area contributed by atoms with Crippen molar-refractivity contribution in [3.63, 3.8) is 0 Å². The molecule has 13 heavy (non-hydrogen) atoms. The van der Waals surface area contributed by atoms with Crippen LogP contribution in [0.3, 0.4) is 0 Å². The zero-order valence-corrected chi connectivity index (χ0v) is 8.79. The number of rotatable bonds is 1. The average Bonchev–Trinajstić information content (AvgIpc) is 2.56. The third-order valence-electron chi connectivity index (χ3n) is 3.17. The van der Waals surface area contributed by atoms with E-state index >= 15 is 0 Å². The molecule has 0 aromatic carbocycles. The maximum absolute atomic E-state index is 2.58. The van der Waals surface area contributed by atoms with Crippen molar-refractivity contribution in [1.29, 1.82) is 0 Å². The van der Waals surface area contributed by atoms with Crippen LogP contribution in [-0.2, 0) is 0 Å². The van der Waals surface area contributed by atoms with Gasteiger partial charge in [0.15, 0.2) is 0 Å². The molecule has 1 atom stereocenters.